The van der Waals surface area contributed by atoms with Crippen molar-refractivity contribution in [1.29, 1.82) is 0 Å². The van der Waals surface area contributed by atoms with Crippen LogP contribution in [0.1, 0.15) is 30.0 Å². The molecule has 4 heteroatoms. The van der Waals surface area contributed by atoms with Crippen molar-refractivity contribution in [1.82, 2.24) is 5.43 Å². The number of hydrogen-bond acceptors (Lipinski definition) is 4. The molecule has 0 amide bonds. The van der Waals surface area contributed by atoms with Gasteiger partial charge in [-0.1, -0.05) is 13.8 Å². The van der Waals surface area contributed by atoms with Crippen LogP contribution in [0.4, 0.5) is 0 Å². The Morgan fingerprint density at radius 3 is 2.69 bits per heavy atom. The molecule has 0 aliphatic heterocycles. The molecule has 0 aliphatic rings. The second-order valence-corrected chi connectivity index (χ2v) is 5.12. The maximum Gasteiger partial charge on any atom is 0.0636 e. The predicted molar refractivity (Wildman–Crippen MR) is 69.6 cm³/mol. The Bertz CT molecular complexity index is 288. The summed E-state index contributed by atoms with van der Waals surface area (Å²) in [6.45, 7) is 5.78. The lowest BCUT2D eigenvalue weighted by Gasteiger charge is -2.14. The third kappa shape index (κ3) is 4.61. The number of ether oxygens (including phenoxy) is 1. The number of nitrogens with one attached hydrogen (secondary N) is 1. The molecule has 0 bridgehead atoms. The molecule has 0 spiro atoms. The smallest absolute Gasteiger partial charge is 0.0636 e. The summed E-state index contributed by atoms with van der Waals surface area (Å²) in [5.74, 6) is 5.52. The molecule has 1 rings (SSSR count). The molecule has 1 aromatic rings. The minimum Gasteiger partial charge on any atom is -0.380 e. The first-order valence-corrected chi connectivity index (χ1v) is 6.73. The van der Waals surface area contributed by atoms with Crippen LogP contribution in [-0.2, 0) is 17.6 Å². The Hall–Kier alpha value is -0.420. The van der Waals surface area contributed by atoms with Crippen molar-refractivity contribution in [3.8, 4) is 0 Å². The third-order valence-electron chi connectivity index (χ3n) is 2.42. The third-order valence-corrected chi connectivity index (χ3v) is 3.67. The van der Waals surface area contributed by atoms with E-state index in [0.717, 1.165) is 25.9 Å². The molecule has 1 heterocycles. The maximum atomic E-state index is 5.52. The molecule has 92 valence electrons. The summed E-state index contributed by atoms with van der Waals surface area (Å²) >= 11 is 1.86. The van der Waals surface area contributed by atoms with Crippen molar-refractivity contribution < 1.29 is 4.74 Å². The summed E-state index contributed by atoms with van der Waals surface area (Å²) in [5, 5.41) is 0. The van der Waals surface area contributed by atoms with Crippen LogP contribution in [0, 0.1) is 0 Å². The molecule has 16 heavy (non-hydrogen) atoms. The molecule has 0 aliphatic carbocycles. The fraction of sp³-hybridized carbons (Fsp3) is 0.667. The van der Waals surface area contributed by atoms with Gasteiger partial charge in [-0.2, -0.15) is 0 Å². The monoisotopic (exact) mass is 242 g/mol. The Morgan fingerprint density at radius 1 is 1.38 bits per heavy atom. The van der Waals surface area contributed by atoms with Crippen molar-refractivity contribution in [2.75, 3.05) is 13.2 Å². The average Bonchev–Trinajstić information content (AvgIpc) is 2.75. The topological polar surface area (TPSA) is 47.3 Å². The van der Waals surface area contributed by atoms with Crippen LogP contribution in [0.5, 0.6) is 0 Å². The molecule has 0 saturated heterocycles. The largest absolute Gasteiger partial charge is 0.380 e. The van der Waals surface area contributed by atoms with Crippen molar-refractivity contribution in [3.63, 3.8) is 0 Å². The highest BCUT2D eigenvalue weighted by Crippen LogP contribution is 2.18. The summed E-state index contributed by atoms with van der Waals surface area (Å²) in [4.78, 5) is 2.81. The maximum absolute atomic E-state index is 5.52. The SMILES string of the molecule is CCCOCC(Cc1ccc(CC)s1)NN. The Morgan fingerprint density at radius 2 is 2.12 bits per heavy atom. The first kappa shape index (κ1) is 13.6. The van der Waals surface area contributed by atoms with E-state index in [1.807, 2.05) is 11.3 Å². The molecule has 1 aromatic heterocycles. The Labute approximate surface area is 102 Å². The van der Waals surface area contributed by atoms with E-state index in [9.17, 15) is 0 Å². The molecule has 1 atom stereocenters. The van der Waals surface area contributed by atoms with Gasteiger partial charge in [-0.15, -0.1) is 11.3 Å². The van der Waals surface area contributed by atoms with E-state index in [4.69, 9.17) is 10.6 Å². The molecule has 0 aromatic carbocycles. The summed E-state index contributed by atoms with van der Waals surface area (Å²) in [6, 6.07) is 4.60. The number of nitrogens with two attached hydrogens (primary N) is 1. The van der Waals surface area contributed by atoms with Gasteiger partial charge < -0.3 is 4.74 Å². The standard InChI is InChI=1S/C12H22N2OS/c1-3-7-15-9-10(14-13)8-12-6-5-11(4-2)16-12/h5-6,10,14H,3-4,7-9,13H2,1-2H3. The lowest BCUT2D eigenvalue weighted by atomic mass is 10.2. The first-order valence-electron chi connectivity index (χ1n) is 5.91. The van der Waals surface area contributed by atoms with E-state index in [0.29, 0.717) is 6.61 Å². The molecule has 1 unspecified atom stereocenters. The number of rotatable bonds is 8. The van der Waals surface area contributed by atoms with Gasteiger partial charge in [0.05, 0.1) is 6.61 Å². The zero-order chi connectivity index (χ0) is 11.8. The average molecular weight is 242 g/mol. The van der Waals surface area contributed by atoms with Crippen molar-refractivity contribution >= 4 is 11.3 Å². The summed E-state index contributed by atoms with van der Waals surface area (Å²) in [7, 11) is 0. The molecule has 3 N–H and O–H groups in total. The van der Waals surface area contributed by atoms with E-state index < -0.39 is 0 Å². The molecular formula is C12H22N2OS. The summed E-state index contributed by atoms with van der Waals surface area (Å²) < 4.78 is 5.50. The second-order valence-electron chi connectivity index (χ2n) is 3.86. The van der Waals surface area contributed by atoms with Crippen molar-refractivity contribution in [2.45, 2.75) is 39.2 Å². The van der Waals surface area contributed by atoms with Crippen molar-refractivity contribution in [3.05, 3.63) is 21.9 Å². The van der Waals surface area contributed by atoms with Crippen LogP contribution < -0.4 is 11.3 Å². The fourth-order valence-corrected chi connectivity index (χ4v) is 2.54. The molecule has 3 nitrogen and oxygen atoms in total. The Kier molecular flexibility index (Phi) is 6.64. The van der Waals surface area contributed by atoms with Gasteiger partial charge in [0, 0.05) is 28.8 Å². The number of aryl methyl sites for hydroxylation is 1. The van der Waals surface area contributed by atoms with E-state index in [2.05, 4.69) is 31.4 Å². The fourth-order valence-electron chi connectivity index (χ4n) is 1.50. The molecule has 0 saturated carbocycles. The van der Waals surface area contributed by atoms with E-state index in [1.165, 1.54) is 9.75 Å². The second kappa shape index (κ2) is 7.79. The zero-order valence-corrected chi connectivity index (χ0v) is 11.0. The van der Waals surface area contributed by atoms with Gasteiger partial charge in [0.1, 0.15) is 0 Å². The van der Waals surface area contributed by atoms with Crippen LogP contribution in [0.15, 0.2) is 12.1 Å². The highest BCUT2D eigenvalue weighted by Gasteiger charge is 2.09. The lowest BCUT2D eigenvalue weighted by Crippen LogP contribution is -2.40. The van der Waals surface area contributed by atoms with Gasteiger partial charge in [0.2, 0.25) is 0 Å². The normalized spacial score (nSPS) is 12.9. The van der Waals surface area contributed by atoms with Gasteiger partial charge >= 0.3 is 0 Å². The quantitative estimate of drug-likeness (QED) is 0.417. The first-order chi connectivity index (χ1) is 7.80. The van der Waals surface area contributed by atoms with Gasteiger partial charge in [-0.05, 0) is 25.0 Å². The van der Waals surface area contributed by atoms with E-state index in [-0.39, 0.29) is 6.04 Å². The van der Waals surface area contributed by atoms with Crippen molar-refractivity contribution in [2.24, 2.45) is 5.84 Å². The predicted octanol–water partition coefficient (Wildman–Crippen LogP) is 2.11. The lowest BCUT2D eigenvalue weighted by molar-refractivity contribution is 0.112. The van der Waals surface area contributed by atoms with E-state index in [1.54, 1.807) is 0 Å². The van der Waals surface area contributed by atoms with E-state index >= 15 is 0 Å². The molecule has 0 fully saturated rings. The van der Waals surface area contributed by atoms with Gasteiger partial charge in [0.15, 0.2) is 0 Å². The van der Waals surface area contributed by atoms with Gasteiger partial charge in [-0.25, -0.2) is 0 Å². The van der Waals surface area contributed by atoms with Gasteiger partial charge in [0.25, 0.3) is 0 Å². The van der Waals surface area contributed by atoms with Crippen LogP contribution >= 0.6 is 11.3 Å². The molecular weight excluding hydrogens is 220 g/mol. The zero-order valence-electron chi connectivity index (χ0n) is 10.2. The highest BCUT2D eigenvalue weighted by molar-refractivity contribution is 7.11. The van der Waals surface area contributed by atoms with Crippen LogP contribution in [0.25, 0.3) is 0 Å². The minimum atomic E-state index is 0.218. The minimum absolute atomic E-state index is 0.218. The van der Waals surface area contributed by atoms with Gasteiger partial charge in [-0.3, -0.25) is 11.3 Å². The Balaban J connectivity index is 2.36. The number of hydrogen-bond donors (Lipinski definition) is 2. The van der Waals surface area contributed by atoms with Crippen LogP contribution in [0.2, 0.25) is 0 Å². The van der Waals surface area contributed by atoms with Crippen LogP contribution in [0.3, 0.4) is 0 Å². The number of hydrazine groups is 1. The summed E-state index contributed by atoms with van der Waals surface area (Å²) in [5.41, 5.74) is 2.82. The van der Waals surface area contributed by atoms with Crippen LogP contribution in [-0.4, -0.2) is 19.3 Å². The highest BCUT2D eigenvalue weighted by atomic mass is 32.1. The number of thiophene rings is 1. The molecule has 0 radical (unpaired) electrons. The summed E-state index contributed by atoms with van der Waals surface area (Å²) in [6.07, 6.45) is 3.11.